The Morgan fingerprint density at radius 3 is 1.88 bits per heavy atom. The van der Waals surface area contributed by atoms with Gasteiger partial charge in [0, 0.05) is 12.2 Å². The number of ether oxygens (including phenoxy) is 1. The van der Waals surface area contributed by atoms with Crippen LogP contribution in [0.4, 0.5) is 15.4 Å². The Labute approximate surface area is 291 Å². The minimum absolute atomic E-state index is 0.00956. The zero-order valence-electron chi connectivity index (χ0n) is 29.1. The Morgan fingerprint density at radius 1 is 0.940 bits per heavy atom. The molecule has 0 aliphatic carbocycles. The Bertz CT molecular complexity index is 1660. The normalized spacial score (nSPS) is 16.7. The number of carboxylic acids is 1. The van der Waals surface area contributed by atoms with Gasteiger partial charge in [-0.1, -0.05) is 60.7 Å². The summed E-state index contributed by atoms with van der Waals surface area (Å²) in [5.41, 5.74) is 18.5. The topological polar surface area (TPSA) is 212 Å². The van der Waals surface area contributed by atoms with Gasteiger partial charge in [-0.2, -0.15) is 0 Å². The Hall–Kier alpha value is -5.14. The second-order valence-corrected chi connectivity index (χ2v) is 13.8. The number of hydrogen-bond acceptors (Lipinski definition) is 10. The van der Waals surface area contributed by atoms with E-state index >= 15 is 0 Å². The number of nitrogens with two attached hydrogens (primary N) is 3. The summed E-state index contributed by atoms with van der Waals surface area (Å²) in [6.45, 7) is 7.55. The monoisotopic (exact) mass is 686 g/mol. The van der Waals surface area contributed by atoms with Gasteiger partial charge in [0.1, 0.15) is 16.8 Å². The van der Waals surface area contributed by atoms with Crippen LogP contribution in [-0.4, -0.2) is 79.8 Å². The van der Waals surface area contributed by atoms with Crippen LogP contribution in [-0.2, 0) is 38.5 Å². The lowest BCUT2D eigenvalue weighted by Crippen LogP contribution is -2.63. The quantitative estimate of drug-likeness (QED) is 0.214. The van der Waals surface area contributed by atoms with Crippen molar-refractivity contribution in [3.05, 3.63) is 94.7 Å². The van der Waals surface area contributed by atoms with Gasteiger partial charge >= 0.3 is 18.1 Å². The Kier molecular flexibility index (Phi) is 11.4. The number of aromatic nitrogens is 1. The number of likely N-dealkylation sites (tertiary alicyclic amines) is 1. The molecule has 0 radical (unpaired) electrons. The van der Waals surface area contributed by atoms with Crippen LogP contribution in [0.2, 0.25) is 0 Å². The number of pyridine rings is 1. The van der Waals surface area contributed by atoms with Gasteiger partial charge < -0.3 is 31.9 Å². The van der Waals surface area contributed by atoms with Gasteiger partial charge in [0.2, 0.25) is 0 Å². The molecule has 2 heterocycles. The number of nitrogens with zero attached hydrogens (tertiary/aromatic N) is 3. The molecule has 0 spiro atoms. The number of carbonyl (C=O) groups excluding carboxylic acids is 4. The second-order valence-electron chi connectivity index (χ2n) is 13.8. The van der Waals surface area contributed by atoms with Gasteiger partial charge in [-0.3, -0.25) is 9.59 Å². The average Bonchev–Trinajstić information content (AvgIpc) is 3.45. The van der Waals surface area contributed by atoms with Crippen LogP contribution < -0.4 is 17.2 Å². The highest BCUT2D eigenvalue weighted by Gasteiger charge is 2.64. The maximum absolute atomic E-state index is 14.5. The molecule has 3 atom stereocenters. The van der Waals surface area contributed by atoms with Crippen molar-refractivity contribution in [2.24, 2.45) is 16.9 Å². The van der Waals surface area contributed by atoms with E-state index in [0.29, 0.717) is 27.9 Å². The summed E-state index contributed by atoms with van der Waals surface area (Å²) < 4.78 is 5.58. The molecule has 13 heteroatoms. The smallest absolute Gasteiger partial charge is 0.418 e. The van der Waals surface area contributed by atoms with Crippen molar-refractivity contribution in [2.75, 3.05) is 12.3 Å². The summed E-state index contributed by atoms with van der Waals surface area (Å²) in [4.78, 5) is 76.4. The molecule has 266 valence electrons. The van der Waals surface area contributed by atoms with Gasteiger partial charge in [-0.25, -0.2) is 24.3 Å². The third kappa shape index (κ3) is 8.17. The number of nitrogen functional groups attached to an aromatic ring is 1. The summed E-state index contributed by atoms with van der Waals surface area (Å²) in [5.74, 6) is -3.08. The van der Waals surface area contributed by atoms with Crippen molar-refractivity contribution >= 4 is 35.5 Å². The van der Waals surface area contributed by atoms with Gasteiger partial charge in [0.25, 0.3) is 0 Å². The van der Waals surface area contributed by atoms with Crippen molar-refractivity contribution < 1.29 is 33.8 Å². The van der Waals surface area contributed by atoms with E-state index in [1.807, 2.05) is 0 Å². The Balaban J connectivity index is 1.80. The summed E-state index contributed by atoms with van der Waals surface area (Å²) in [6, 6.07) is 13.6. The van der Waals surface area contributed by atoms with Crippen molar-refractivity contribution in [3.8, 4) is 0 Å². The van der Waals surface area contributed by atoms with E-state index in [1.54, 1.807) is 101 Å². The molecular formula is C37H46N6O7. The number of aryl methyl sites for hydroxylation is 2. The lowest BCUT2D eigenvalue weighted by atomic mass is 9.67. The number of imide groups is 1. The van der Waals surface area contributed by atoms with Crippen LogP contribution in [0.5, 0.6) is 0 Å². The van der Waals surface area contributed by atoms with Gasteiger partial charge in [-0.15, -0.1) is 0 Å². The number of anilines is 1. The Morgan fingerprint density at radius 2 is 1.44 bits per heavy atom. The van der Waals surface area contributed by atoms with Crippen molar-refractivity contribution in [1.82, 2.24) is 14.8 Å². The third-order valence-electron chi connectivity index (χ3n) is 8.89. The van der Waals surface area contributed by atoms with Crippen molar-refractivity contribution in [3.63, 3.8) is 0 Å². The molecule has 3 amide bonds. The first-order chi connectivity index (χ1) is 23.5. The third-order valence-corrected chi connectivity index (χ3v) is 8.89. The van der Waals surface area contributed by atoms with Crippen LogP contribution in [0.15, 0.2) is 66.7 Å². The molecule has 4 rings (SSSR count). The van der Waals surface area contributed by atoms with E-state index in [4.69, 9.17) is 21.9 Å². The van der Waals surface area contributed by atoms with Crippen molar-refractivity contribution in [1.29, 1.82) is 0 Å². The molecule has 1 fully saturated rings. The van der Waals surface area contributed by atoms with Crippen LogP contribution in [0.3, 0.4) is 0 Å². The molecule has 0 saturated carbocycles. The van der Waals surface area contributed by atoms with E-state index in [-0.39, 0.29) is 38.2 Å². The largest absolute Gasteiger partial charge is 0.480 e. The van der Waals surface area contributed by atoms with Crippen LogP contribution in [0.1, 0.15) is 55.1 Å². The number of ketones is 2. The number of benzene rings is 2. The number of carboxylic acid groups (broad SMARTS) is 1. The highest BCUT2D eigenvalue weighted by atomic mass is 16.6. The highest BCUT2D eigenvalue weighted by molar-refractivity contribution is 6.15. The predicted molar refractivity (Wildman–Crippen MR) is 187 cm³/mol. The van der Waals surface area contributed by atoms with E-state index in [2.05, 4.69) is 4.98 Å². The molecule has 0 bridgehead atoms. The SMILES string of the molecule is Cc1cc(N)nc(C)c1CN(C(=O)OC(C)(C)C)C(=O)N1CCC(C(=O)[C@H](N)Cc2ccccc2)(C(=O)[C@H](N)Cc2ccccc2)[C@@H]1C(=O)O. The minimum atomic E-state index is -2.32. The molecule has 1 aliphatic heterocycles. The van der Waals surface area contributed by atoms with E-state index in [9.17, 15) is 29.1 Å². The molecule has 13 nitrogen and oxygen atoms in total. The molecule has 1 saturated heterocycles. The molecule has 1 aliphatic rings. The number of hydrogen-bond donors (Lipinski definition) is 4. The number of carbonyl (C=O) groups is 5. The number of urea groups is 1. The fourth-order valence-corrected chi connectivity index (χ4v) is 6.57. The lowest BCUT2D eigenvalue weighted by Gasteiger charge is -2.37. The van der Waals surface area contributed by atoms with Crippen LogP contribution in [0, 0.1) is 19.3 Å². The number of aliphatic carboxylic acids is 1. The summed E-state index contributed by atoms with van der Waals surface area (Å²) in [5, 5.41) is 10.8. The molecule has 7 N–H and O–H groups in total. The van der Waals surface area contributed by atoms with E-state index in [0.717, 1.165) is 9.80 Å². The highest BCUT2D eigenvalue weighted by Crippen LogP contribution is 2.42. The zero-order valence-corrected chi connectivity index (χ0v) is 29.1. The average molecular weight is 687 g/mol. The van der Waals surface area contributed by atoms with Gasteiger partial charge in [0.05, 0.1) is 18.6 Å². The lowest BCUT2D eigenvalue weighted by molar-refractivity contribution is -0.156. The molecular weight excluding hydrogens is 640 g/mol. The molecule has 3 aromatic rings. The molecule has 50 heavy (non-hydrogen) atoms. The summed E-state index contributed by atoms with van der Waals surface area (Å²) >= 11 is 0. The summed E-state index contributed by atoms with van der Waals surface area (Å²) in [6.07, 6.45) is -1.41. The first-order valence-corrected chi connectivity index (χ1v) is 16.4. The minimum Gasteiger partial charge on any atom is -0.480 e. The zero-order chi connectivity index (χ0) is 37.0. The number of Topliss-reactive ketones (excluding diaryl/α,β-unsaturated/α-hetero) is 2. The predicted octanol–water partition coefficient (Wildman–Crippen LogP) is 3.56. The van der Waals surface area contributed by atoms with Gasteiger partial charge in [-0.05, 0) is 82.2 Å². The fourth-order valence-electron chi connectivity index (χ4n) is 6.57. The fraction of sp³-hybridized carbons (Fsp3) is 0.405. The van der Waals surface area contributed by atoms with Crippen LogP contribution >= 0.6 is 0 Å². The maximum Gasteiger partial charge on any atom is 0.418 e. The first kappa shape index (κ1) is 37.7. The molecule has 2 aromatic carbocycles. The van der Waals surface area contributed by atoms with E-state index in [1.165, 1.54) is 0 Å². The molecule has 1 aromatic heterocycles. The van der Waals surface area contributed by atoms with Crippen molar-refractivity contribution in [2.45, 2.75) is 84.2 Å². The standard InChI is InChI=1S/C37H46N6O7/c1-22-18-29(40)41-23(2)26(22)21-43(35(49)50-36(3,4)5)34(48)42-17-16-37(30(42)33(46)47,31(44)27(38)19-24-12-8-6-9-13-24)32(45)28(39)20-25-14-10-7-11-15-25/h6-15,18,27-28,30H,16-17,19-21,38-39H2,1-5H3,(H2,40,41)(H,46,47)/t27-,28-,30+/m1/s1. The second kappa shape index (κ2) is 15.2. The van der Waals surface area contributed by atoms with Gasteiger partial charge in [0.15, 0.2) is 17.6 Å². The van der Waals surface area contributed by atoms with E-state index < -0.39 is 58.8 Å². The van der Waals surface area contributed by atoms with Crippen LogP contribution in [0.25, 0.3) is 0 Å². The number of rotatable bonds is 11. The molecule has 0 unspecified atom stereocenters. The first-order valence-electron chi connectivity index (χ1n) is 16.4. The maximum atomic E-state index is 14.5. The number of amides is 3. The summed E-state index contributed by atoms with van der Waals surface area (Å²) in [7, 11) is 0.